The van der Waals surface area contributed by atoms with Crippen molar-refractivity contribution in [2.24, 2.45) is 0 Å². The molecular weight excluding hydrogens is 328 g/mol. The van der Waals surface area contributed by atoms with Crippen molar-refractivity contribution in [2.75, 3.05) is 19.0 Å². The molecule has 2 N–H and O–H groups in total. The molecule has 3 rings (SSSR count). The monoisotopic (exact) mass is 346 g/mol. The lowest BCUT2D eigenvalue weighted by Gasteiger charge is -2.26. The van der Waals surface area contributed by atoms with Crippen molar-refractivity contribution in [3.63, 3.8) is 0 Å². The number of carbonyl (C=O) groups is 1. The normalized spacial score (nSPS) is 15.9. The molecule has 6 heteroatoms. The van der Waals surface area contributed by atoms with Gasteiger partial charge >= 0.3 is 6.03 Å². The Morgan fingerprint density at radius 2 is 2.17 bits per heavy atom. The van der Waals surface area contributed by atoms with Gasteiger partial charge in [0.1, 0.15) is 18.1 Å². The number of ether oxygens (including phenoxy) is 2. The molecule has 0 aromatic heterocycles. The fraction of sp³-hybridized carbons (Fsp3) is 0.278. The Kier molecular flexibility index (Phi) is 4.81. The van der Waals surface area contributed by atoms with E-state index in [0.717, 1.165) is 22.6 Å². The number of benzene rings is 2. The molecule has 0 radical (unpaired) electrons. The molecule has 1 aliphatic heterocycles. The Morgan fingerprint density at radius 1 is 1.33 bits per heavy atom. The second-order valence-electron chi connectivity index (χ2n) is 5.70. The lowest BCUT2D eigenvalue weighted by atomic mass is 10.0. The topological polar surface area (TPSA) is 59.6 Å². The van der Waals surface area contributed by atoms with E-state index >= 15 is 0 Å². The van der Waals surface area contributed by atoms with E-state index in [4.69, 9.17) is 21.1 Å². The highest BCUT2D eigenvalue weighted by molar-refractivity contribution is 6.31. The van der Waals surface area contributed by atoms with E-state index in [1.54, 1.807) is 19.2 Å². The maximum atomic E-state index is 12.2. The highest BCUT2D eigenvalue weighted by atomic mass is 35.5. The van der Waals surface area contributed by atoms with Gasteiger partial charge in [-0.2, -0.15) is 0 Å². The molecule has 5 nitrogen and oxygen atoms in total. The summed E-state index contributed by atoms with van der Waals surface area (Å²) in [7, 11) is 1.63. The van der Waals surface area contributed by atoms with E-state index in [1.807, 2.05) is 31.2 Å². The smallest absolute Gasteiger partial charge is 0.319 e. The van der Waals surface area contributed by atoms with E-state index in [0.29, 0.717) is 23.7 Å². The van der Waals surface area contributed by atoms with E-state index < -0.39 is 0 Å². The number of hydrogen-bond donors (Lipinski definition) is 2. The van der Waals surface area contributed by atoms with Crippen LogP contribution in [0, 0.1) is 6.92 Å². The number of rotatable bonds is 3. The van der Waals surface area contributed by atoms with Crippen LogP contribution in [0.5, 0.6) is 11.5 Å². The molecular formula is C18H19ClN2O3. The number of hydrogen-bond acceptors (Lipinski definition) is 3. The van der Waals surface area contributed by atoms with Crippen LogP contribution < -0.4 is 20.1 Å². The lowest BCUT2D eigenvalue weighted by Crippen LogP contribution is -2.44. The number of halogens is 1. The lowest BCUT2D eigenvalue weighted by molar-refractivity contribution is 0.222. The largest absolute Gasteiger partial charge is 0.497 e. The zero-order chi connectivity index (χ0) is 17.1. The first-order valence-electron chi connectivity index (χ1n) is 7.69. The maximum absolute atomic E-state index is 12.2. The highest BCUT2D eigenvalue weighted by Crippen LogP contribution is 2.28. The van der Waals surface area contributed by atoms with Crippen molar-refractivity contribution < 1.29 is 14.3 Å². The SMILES string of the molecule is COc1ccc2c(c1)C[C@@H](NC(=O)Nc1cccc(Cl)c1C)CO2. The number of urea groups is 1. The number of anilines is 1. The van der Waals surface area contributed by atoms with E-state index in [2.05, 4.69) is 10.6 Å². The van der Waals surface area contributed by atoms with Crippen LogP contribution in [0.1, 0.15) is 11.1 Å². The van der Waals surface area contributed by atoms with Crippen LogP contribution in [0.15, 0.2) is 36.4 Å². The van der Waals surface area contributed by atoms with Gasteiger partial charge in [0.05, 0.1) is 13.2 Å². The molecule has 126 valence electrons. The summed E-state index contributed by atoms with van der Waals surface area (Å²) in [5.41, 5.74) is 2.55. The Labute approximate surface area is 145 Å². The zero-order valence-electron chi connectivity index (χ0n) is 13.6. The van der Waals surface area contributed by atoms with Gasteiger partial charge in [0.2, 0.25) is 0 Å². The molecule has 24 heavy (non-hydrogen) atoms. The molecule has 2 amide bonds. The van der Waals surface area contributed by atoms with Gasteiger partial charge in [-0.05, 0) is 54.8 Å². The van der Waals surface area contributed by atoms with Gasteiger partial charge in [-0.3, -0.25) is 0 Å². The molecule has 0 spiro atoms. The van der Waals surface area contributed by atoms with Gasteiger partial charge < -0.3 is 20.1 Å². The molecule has 0 unspecified atom stereocenters. The van der Waals surface area contributed by atoms with Gasteiger partial charge in [0.15, 0.2) is 0 Å². The molecule has 2 aromatic rings. The van der Waals surface area contributed by atoms with Crippen molar-refractivity contribution in [1.29, 1.82) is 0 Å². The molecule has 1 atom stereocenters. The van der Waals surface area contributed by atoms with Crippen LogP contribution in [-0.2, 0) is 6.42 Å². The quantitative estimate of drug-likeness (QED) is 0.889. The molecule has 0 saturated heterocycles. The number of carbonyl (C=O) groups excluding carboxylic acids is 1. The minimum Gasteiger partial charge on any atom is -0.497 e. The Morgan fingerprint density at radius 3 is 2.96 bits per heavy atom. The van der Waals surface area contributed by atoms with Gasteiger partial charge in [0.25, 0.3) is 0 Å². The van der Waals surface area contributed by atoms with Crippen LogP contribution in [0.4, 0.5) is 10.5 Å². The average molecular weight is 347 g/mol. The number of fused-ring (bicyclic) bond motifs is 1. The standard InChI is InChI=1S/C18H19ClN2O3/c1-11-15(19)4-3-5-16(11)21-18(22)20-13-8-12-9-14(23-2)6-7-17(12)24-10-13/h3-7,9,13H,8,10H2,1-2H3,(H2,20,21,22)/t13-/m1/s1. The predicted octanol–water partition coefficient (Wildman–Crippen LogP) is 3.78. The summed E-state index contributed by atoms with van der Waals surface area (Å²) in [5, 5.41) is 6.38. The summed E-state index contributed by atoms with van der Waals surface area (Å²) < 4.78 is 10.9. The third kappa shape index (κ3) is 3.57. The fourth-order valence-electron chi connectivity index (χ4n) is 2.68. The second-order valence-corrected chi connectivity index (χ2v) is 6.10. The predicted molar refractivity (Wildman–Crippen MR) is 94.3 cm³/mol. The molecule has 1 heterocycles. The molecule has 0 saturated carbocycles. The summed E-state index contributed by atoms with van der Waals surface area (Å²) in [4.78, 5) is 12.2. The van der Waals surface area contributed by atoms with Gasteiger partial charge in [0, 0.05) is 10.7 Å². The second kappa shape index (κ2) is 7.01. The first-order valence-corrected chi connectivity index (χ1v) is 8.07. The first kappa shape index (κ1) is 16.5. The van der Waals surface area contributed by atoms with Gasteiger partial charge in [-0.15, -0.1) is 0 Å². The van der Waals surface area contributed by atoms with Crippen LogP contribution in [0.2, 0.25) is 5.02 Å². The third-order valence-electron chi connectivity index (χ3n) is 4.03. The van der Waals surface area contributed by atoms with Crippen molar-refractivity contribution in [1.82, 2.24) is 5.32 Å². The molecule has 2 aromatic carbocycles. The average Bonchev–Trinajstić information content (AvgIpc) is 2.58. The molecule has 0 aliphatic carbocycles. The third-order valence-corrected chi connectivity index (χ3v) is 4.43. The van der Waals surface area contributed by atoms with Gasteiger partial charge in [-0.1, -0.05) is 17.7 Å². The van der Waals surface area contributed by atoms with Crippen LogP contribution in [0.3, 0.4) is 0 Å². The first-order chi connectivity index (χ1) is 11.6. The van der Waals surface area contributed by atoms with E-state index in [9.17, 15) is 4.79 Å². The maximum Gasteiger partial charge on any atom is 0.319 e. The summed E-state index contributed by atoms with van der Waals surface area (Å²) in [5.74, 6) is 1.61. The Bertz CT molecular complexity index is 764. The summed E-state index contributed by atoms with van der Waals surface area (Å²) in [6.45, 7) is 2.30. The van der Waals surface area contributed by atoms with Crippen molar-refractivity contribution in [2.45, 2.75) is 19.4 Å². The zero-order valence-corrected chi connectivity index (χ0v) is 14.3. The summed E-state index contributed by atoms with van der Waals surface area (Å²) in [6.07, 6.45) is 0.689. The summed E-state index contributed by atoms with van der Waals surface area (Å²) >= 11 is 6.07. The van der Waals surface area contributed by atoms with Gasteiger partial charge in [-0.25, -0.2) is 4.79 Å². The van der Waals surface area contributed by atoms with Crippen molar-refractivity contribution in [3.05, 3.63) is 52.5 Å². The number of methoxy groups -OCH3 is 1. The molecule has 0 fully saturated rings. The Balaban J connectivity index is 1.64. The van der Waals surface area contributed by atoms with Crippen LogP contribution >= 0.6 is 11.6 Å². The minimum absolute atomic E-state index is 0.107. The van der Waals surface area contributed by atoms with Crippen molar-refractivity contribution in [3.8, 4) is 11.5 Å². The number of nitrogens with one attached hydrogen (secondary N) is 2. The molecule has 1 aliphatic rings. The van der Waals surface area contributed by atoms with Crippen LogP contribution in [0.25, 0.3) is 0 Å². The fourth-order valence-corrected chi connectivity index (χ4v) is 2.85. The van der Waals surface area contributed by atoms with Crippen LogP contribution in [-0.4, -0.2) is 25.8 Å². The van der Waals surface area contributed by atoms with E-state index in [1.165, 1.54) is 0 Å². The summed E-state index contributed by atoms with van der Waals surface area (Å²) in [6, 6.07) is 10.7. The minimum atomic E-state index is -0.277. The van der Waals surface area contributed by atoms with E-state index in [-0.39, 0.29) is 12.1 Å². The Hall–Kier alpha value is -2.40. The van der Waals surface area contributed by atoms with Crippen molar-refractivity contribution >= 4 is 23.3 Å². The highest BCUT2D eigenvalue weighted by Gasteiger charge is 2.22. The number of amides is 2. The molecule has 0 bridgehead atoms.